The number of hydrogen-bond acceptors (Lipinski definition) is 2. The molecular formula is C14H15FN2O2. The van der Waals surface area contributed by atoms with Gasteiger partial charge in [0.15, 0.2) is 0 Å². The molecule has 1 aromatic carbocycles. The summed E-state index contributed by atoms with van der Waals surface area (Å²) in [6, 6.07) is 6.50. The number of imidazole rings is 1. The summed E-state index contributed by atoms with van der Waals surface area (Å²) in [7, 11) is 1.78. The second-order valence-corrected chi connectivity index (χ2v) is 4.39. The second-order valence-electron chi connectivity index (χ2n) is 4.39. The highest BCUT2D eigenvalue weighted by Crippen LogP contribution is 2.26. The maximum absolute atomic E-state index is 13.8. The highest BCUT2D eigenvalue weighted by Gasteiger charge is 2.16. The van der Waals surface area contributed by atoms with Crippen molar-refractivity contribution in [3.8, 4) is 11.3 Å². The van der Waals surface area contributed by atoms with Crippen molar-refractivity contribution in [3.05, 3.63) is 41.6 Å². The predicted octanol–water partition coefficient (Wildman–Crippen LogP) is 2.55. The molecule has 0 aliphatic heterocycles. The fourth-order valence-electron chi connectivity index (χ4n) is 2.16. The van der Waals surface area contributed by atoms with Gasteiger partial charge in [0.1, 0.15) is 11.6 Å². The van der Waals surface area contributed by atoms with Crippen molar-refractivity contribution in [2.75, 3.05) is 0 Å². The number of hydrogen-bond donors (Lipinski definition) is 1. The first-order valence-electron chi connectivity index (χ1n) is 5.99. The average Bonchev–Trinajstić information content (AvgIpc) is 2.63. The van der Waals surface area contributed by atoms with Gasteiger partial charge < -0.3 is 9.67 Å². The average molecular weight is 262 g/mol. The van der Waals surface area contributed by atoms with E-state index in [1.807, 2.05) is 0 Å². The summed E-state index contributed by atoms with van der Waals surface area (Å²) in [5, 5.41) is 8.71. The molecule has 1 aromatic heterocycles. The van der Waals surface area contributed by atoms with Crippen molar-refractivity contribution in [1.82, 2.24) is 9.55 Å². The zero-order valence-electron chi connectivity index (χ0n) is 10.9. The summed E-state index contributed by atoms with van der Waals surface area (Å²) in [5.74, 6) is -0.523. The van der Waals surface area contributed by atoms with Gasteiger partial charge in [-0.25, -0.2) is 9.37 Å². The Kier molecular flexibility index (Phi) is 3.64. The number of carboxylic acids is 1. The fourth-order valence-corrected chi connectivity index (χ4v) is 2.16. The van der Waals surface area contributed by atoms with E-state index >= 15 is 0 Å². The molecule has 19 heavy (non-hydrogen) atoms. The molecule has 4 nitrogen and oxygen atoms in total. The Balaban J connectivity index is 2.42. The van der Waals surface area contributed by atoms with Crippen LogP contribution < -0.4 is 0 Å². The molecule has 0 fully saturated rings. The van der Waals surface area contributed by atoms with Crippen LogP contribution in [0.4, 0.5) is 4.39 Å². The van der Waals surface area contributed by atoms with Crippen molar-refractivity contribution in [2.24, 2.45) is 7.05 Å². The summed E-state index contributed by atoms with van der Waals surface area (Å²) < 4.78 is 15.6. The quantitative estimate of drug-likeness (QED) is 0.921. The van der Waals surface area contributed by atoms with Crippen LogP contribution in [0.1, 0.15) is 17.9 Å². The standard InChI is InChI=1S/C14H15FN2O2/c1-9-14(10-5-3-4-6-11(10)15)17(2)12(16-9)7-8-13(18)19/h3-6H,7-8H2,1-2H3,(H,18,19). The molecule has 5 heteroatoms. The summed E-state index contributed by atoms with van der Waals surface area (Å²) in [4.78, 5) is 14.9. The van der Waals surface area contributed by atoms with Crippen LogP contribution in [0, 0.1) is 12.7 Å². The molecule has 0 amide bonds. The minimum Gasteiger partial charge on any atom is -0.481 e. The van der Waals surface area contributed by atoms with Crippen LogP contribution in [-0.4, -0.2) is 20.6 Å². The van der Waals surface area contributed by atoms with E-state index in [9.17, 15) is 9.18 Å². The Bertz CT molecular complexity index is 620. The van der Waals surface area contributed by atoms with Crippen LogP contribution in [0.2, 0.25) is 0 Å². The number of rotatable bonds is 4. The molecule has 0 saturated heterocycles. The molecule has 0 aliphatic carbocycles. The molecule has 0 spiro atoms. The Morgan fingerprint density at radius 3 is 2.74 bits per heavy atom. The Labute approximate surface area is 110 Å². The third-order valence-corrected chi connectivity index (χ3v) is 3.05. The molecule has 0 saturated carbocycles. The summed E-state index contributed by atoms with van der Waals surface area (Å²) in [5.41, 5.74) is 1.88. The molecular weight excluding hydrogens is 247 g/mol. The number of aliphatic carboxylic acids is 1. The second kappa shape index (κ2) is 5.22. The fraction of sp³-hybridized carbons (Fsp3) is 0.286. The van der Waals surface area contributed by atoms with E-state index in [0.29, 0.717) is 29.2 Å². The smallest absolute Gasteiger partial charge is 0.303 e. The molecule has 0 aliphatic rings. The van der Waals surface area contributed by atoms with Gasteiger partial charge in [0.25, 0.3) is 0 Å². The minimum absolute atomic E-state index is 0.0149. The van der Waals surface area contributed by atoms with E-state index in [4.69, 9.17) is 5.11 Å². The Morgan fingerprint density at radius 2 is 2.11 bits per heavy atom. The molecule has 0 bridgehead atoms. The third-order valence-electron chi connectivity index (χ3n) is 3.05. The van der Waals surface area contributed by atoms with Crippen LogP contribution in [0.5, 0.6) is 0 Å². The van der Waals surface area contributed by atoms with Gasteiger partial charge in [0.05, 0.1) is 17.8 Å². The largest absolute Gasteiger partial charge is 0.481 e. The summed E-state index contributed by atoms with van der Waals surface area (Å²) >= 11 is 0. The number of halogens is 1. The predicted molar refractivity (Wildman–Crippen MR) is 69.3 cm³/mol. The first-order chi connectivity index (χ1) is 9.00. The minimum atomic E-state index is -0.868. The topological polar surface area (TPSA) is 55.1 Å². The van der Waals surface area contributed by atoms with E-state index < -0.39 is 5.97 Å². The Hall–Kier alpha value is -2.17. The molecule has 100 valence electrons. The lowest BCUT2D eigenvalue weighted by atomic mass is 10.1. The van der Waals surface area contributed by atoms with Crippen molar-refractivity contribution in [3.63, 3.8) is 0 Å². The maximum atomic E-state index is 13.8. The lowest BCUT2D eigenvalue weighted by Crippen LogP contribution is -2.04. The zero-order chi connectivity index (χ0) is 14.0. The van der Waals surface area contributed by atoms with Crippen molar-refractivity contribution in [1.29, 1.82) is 0 Å². The van der Waals surface area contributed by atoms with Crippen LogP contribution in [-0.2, 0) is 18.3 Å². The number of aromatic nitrogens is 2. The molecule has 1 N–H and O–H groups in total. The van der Waals surface area contributed by atoms with E-state index in [1.165, 1.54) is 6.07 Å². The number of benzene rings is 1. The first-order valence-corrected chi connectivity index (χ1v) is 5.99. The van der Waals surface area contributed by atoms with Gasteiger partial charge in [-0.15, -0.1) is 0 Å². The van der Waals surface area contributed by atoms with Gasteiger partial charge in [0.2, 0.25) is 0 Å². The van der Waals surface area contributed by atoms with Crippen LogP contribution in [0.25, 0.3) is 11.3 Å². The molecule has 2 rings (SSSR count). The number of carboxylic acid groups (broad SMARTS) is 1. The zero-order valence-corrected chi connectivity index (χ0v) is 10.9. The van der Waals surface area contributed by atoms with Gasteiger partial charge in [0, 0.05) is 19.0 Å². The van der Waals surface area contributed by atoms with Gasteiger partial charge >= 0.3 is 5.97 Å². The highest BCUT2D eigenvalue weighted by atomic mass is 19.1. The highest BCUT2D eigenvalue weighted by molar-refractivity contribution is 5.67. The van der Waals surface area contributed by atoms with Crippen LogP contribution in [0.15, 0.2) is 24.3 Å². The van der Waals surface area contributed by atoms with E-state index in [0.717, 1.165) is 0 Å². The summed E-state index contributed by atoms with van der Waals surface area (Å²) in [6.45, 7) is 1.80. The van der Waals surface area contributed by atoms with Gasteiger partial charge in [-0.2, -0.15) is 0 Å². The van der Waals surface area contributed by atoms with Gasteiger partial charge in [-0.3, -0.25) is 4.79 Å². The molecule has 0 radical (unpaired) electrons. The number of nitrogens with zero attached hydrogens (tertiary/aromatic N) is 2. The monoisotopic (exact) mass is 262 g/mol. The van der Waals surface area contributed by atoms with Crippen molar-refractivity contribution in [2.45, 2.75) is 19.8 Å². The Morgan fingerprint density at radius 1 is 1.42 bits per heavy atom. The van der Waals surface area contributed by atoms with Crippen molar-refractivity contribution < 1.29 is 14.3 Å². The molecule has 2 aromatic rings. The van der Waals surface area contributed by atoms with Crippen LogP contribution in [0.3, 0.4) is 0 Å². The SMILES string of the molecule is Cc1nc(CCC(=O)O)n(C)c1-c1ccccc1F. The maximum Gasteiger partial charge on any atom is 0.303 e. The van der Waals surface area contributed by atoms with Crippen molar-refractivity contribution >= 4 is 5.97 Å². The van der Waals surface area contributed by atoms with E-state index in [1.54, 1.807) is 36.7 Å². The van der Waals surface area contributed by atoms with Gasteiger partial charge in [-0.1, -0.05) is 12.1 Å². The lowest BCUT2D eigenvalue weighted by Gasteiger charge is -2.07. The molecule has 0 atom stereocenters. The molecule has 0 unspecified atom stereocenters. The normalized spacial score (nSPS) is 10.7. The van der Waals surface area contributed by atoms with E-state index in [2.05, 4.69) is 4.98 Å². The third kappa shape index (κ3) is 2.65. The van der Waals surface area contributed by atoms with Crippen LogP contribution >= 0.6 is 0 Å². The van der Waals surface area contributed by atoms with E-state index in [-0.39, 0.29) is 12.2 Å². The number of aryl methyl sites for hydroxylation is 2. The summed E-state index contributed by atoms with van der Waals surface area (Å²) in [6.07, 6.45) is 0.349. The lowest BCUT2D eigenvalue weighted by molar-refractivity contribution is -0.137. The van der Waals surface area contributed by atoms with Gasteiger partial charge in [-0.05, 0) is 19.1 Å². The molecule has 1 heterocycles. The first kappa shape index (κ1) is 13.3. The number of carbonyl (C=O) groups is 1.